The van der Waals surface area contributed by atoms with E-state index in [1.54, 1.807) is 6.20 Å². The van der Waals surface area contributed by atoms with Crippen LogP contribution in [0.15, 0.2) is 48.7 Å². The fraction of sp³-hybridized carbons (Fsp3) is 0.300. The average molecular weight is 336 g/mol. The van der Waals surface area contributed by atoms with E-state index in [0.29, 0.717) is 5.92 Å². The second-order valence-corrected chi connectivity index (χ2v) is 6.24. The standard InChI is InChI=1S/C20H24N4O/c25-20(23-15-17-10-13-21-14-11-17)24-19-8-5-16(6-9-19)4-7-18-3-1-2-12-22-18/h1-9,12,17,21H,10-11,13-15H2,(H2,23,24,25). The Hall–Kier alpha value is -2.66. The van der Waals surface area contributed by atoms with E-state index in [4.69, 9.17) is 0 Å². The molecule has 5 heteroatoms. The van der Waals surface area contributed by atoms with Crippen LogP contribution in [-0.2, 0) is 0 Å². The van der Waals surface area contributed by atoms with Crippen LogP contribution >= 0.6 is 0 Å². The third kappa shape index (κ3) is 5.72. The van der Waals surface area contributed by atoms with E-state index < -0.39 is 0 Å². The fourth-order valence-electron chi connectivity index (χ4n) is 2.83. The van der Waals surface area contributed by atoms with Crippen LogP contribution in [0.1, 0.15) is 24.1 Å². The molecular formula is C20H24N4O. The van der Waals surface area contributed by atoms with Crippen molar-refractivity contribution < 1.29 is 4.79 Å². The number of benzene rings is 1. The summed E-state index contributed by atoms with van der Waals surface area (Å²) in [5, 5.41) is 9.17. The van der Waals surface area contributed by atoms with Gasteiger partial charge >= 0.3 is 6.03 Å². The van der Waals surface area contributed by atoms with Crippen molar-refractivity contribution in [2.75, 3.05) is 25.0 Å². The van der Waals surface area contributed by atoms with Gasteiger partial charge in [-0.15, -0.1) is 0 Å². The normalized spacial score (nSPS) is 15.2. The van der Waals surface area contributed by atoms with Crippen LogP contribution in [-0.4, -0.2) is 30.6 Å². The smallest absolute Gasteiger partial charge is 0.319 e. The van der Waals surface area contributed by atoms with Gasteiger partial charge in [0.25, 0.3) is 0 Å². The van der Waals surface area contributed by atoms with E-state index >= 15 is 0 Å². The van der Waals surface area contributed by atoms with Crippen molar-refractivity contribution in [3.63, 3.8) is 0 Å². The molecule has 0 unspecified atom stereocenters. The predicted molar refractivity (Wildman–Crippen MR) is 102 cm³/mol. The van der Waals surface area contributed by atoms with Crippen LogP contribution in [0.25, 0.3) is 12.2 Å². The first-order valence-corrected chi connectivity index (χ1v) is 8.74. The molecule has 2 amide bonds. The van der Waals surface area contributed by atoms with Gasteiger partial charge in [0.15, 0.2) is 0 Å². The number of aromatic nitrogens is 1. The molecule has 0 aliphatic carbocycles. The molecule has 1 aromatic heterocycles. The zero-order valence-electron chi connectivity index (χ0n) is 14.2. The van der Waals surface area contributed by atoms with Crippen LogP contribution < -0.4 is 16.0 Å². The highest BCUT2D eigenvalue weighted by Crippen LogP contribution is 2.13. The molecule has 1 saturated heterocycles. The van der Waals surface area contributed by atoms with Crippen molar-refractivity contribution in [3.05, 3.63) is 59.9 Å². The molecule has 0 spiro atoms. The highest BCUT2D eigenvalue weighted by atomic mass is 16.2. The monoisotopic (exact) mass is 336 g/mol. The number of nitrogens with zero attached hydrogens (tertiary/aromatic N) is 1. The summed E-state index contributed by atoms with van der Waals surface area (Å²) in [6.45, 7) is 2.82. The minimum atomic E-state index is -0.143. The van der Waals surface area contributed by atoms with Crippen LogP contribution in [0.5, 0.6) is 0 Å². The predicted octanol–water partition coefficient (Wildman–Crippen LogP) is 3.37. The van der Waals surface area contributed by atoms with Crippen LogP contribution in [0.2, 0.25) is 0 Å². The molecule has 0 saturated carbocycles. The van der Waals surface area contributed by atoms with Gasteiger partial charge < -0.3 is 16.0 Å². The van der Waals surface area contributed by atoms with E-state index in [2.05, 4.69) is 20.9 Å². The van der Waals surface area contributed by atoms with Gasteiger partial charge in [-0.1, -0.05) is 24.3 Å². The van der Waals surface area contributed by atoms with Gasteiger partial charge in [-0.2, -0.15) is 0 Å². The summed E-state index contributed by atoms with van der Waals surface area (Å²) in [5.41, 5.74) is 2.77. The zero-order valence-corrected chi connectivity index (χ0v) is 14.2. The second kappa shape index (κ2) is 8.99. The molecule has 0 bridgehead atoms. The van der Waals surface area contributed by atoms with Crippen LogP contribution in [0.4, 0.5) is 10.5 Å². The third-order valence-electron chi connectivity index (χ3n) is 4.31. The Kier molecular flexibility index (Phi) is 6.17. The molecule has 3 N–H and O–H groups in total. The molecule has 130 valence electrons. The van der Waals surface area contributed by atoms with Crippen molar-refractivity contribution in [2.45, 2.75) is 12.8 Å². The molecule has 3 rings (SSSR count). The molecule has 25 heavy (non-hydrogen) atoms. The van der Waals surface area contributed by atoms with Crippen molar-refractivity contribution >= 4 is 23.9 Å². The van der Waals surface area contributed by atoms with Crippen LogP contribution in [0, 0.1) is 5.92 Å². The van der Waals surface area contributed by atoms with Crippen LogP contribution in [0.3, 0.4) is 0 Å². The van der Waals surface area contributed by atoms with E-state index in [1.807, 2.05) is 54.6 Å². The van der Waals surface area contributed by atoms with Crippen molar-refractivity contribution in [1.82, 2.24) is 15.6 Å². The second-order valence-electron chi connectivity index (χ2n) is 6.24. The number of hydrogen-bond acceptors (Lipinski definition) is 3. The number of nitrogens with one attached hydrogen (secondary N) is 3. The summed E-state index contributed by atoms with van der Waals surface area (Å²) >= 11 is 0. The van der Waals surface area contributed by atoms with E-state index in [0.717, 1.165) is 49.4 Å². The minimum absolute atomic E-state index is 0.143. The molecule has 1 fully saturated rings. The van der Waals surface area contributed by atoms with Gasteiger partial charge in [-0.05, 0) is 67.8 Å². The fourth-order valence-corrected chi connectivity index (χ4v) is 2.83. The highest BCUT2D eigenvalue weighted by molar-refractivity contribution is 5.89. The molecular weight excluding hydrogens is 312 g/mol. The number of urea groups is 1. The summed E-state index contributed by atoms with van der Waals surface area (Å²) in [5.74, 6) is 0.575. The van der Waals surface area contributed by atoms with E-state index in [9.17, 15) is 4.79 Å². The molecule has 0 atom stereocenters. The first-order chi connectivity index (χ1) is 12.3. The minimum Gasteiger partial charge on any atom is -0.338 e. The summed E-state index contributed by atoms with van der Waals surface area (Å²) in [6.07, 6.45) is 7.99. The van der Waals surface area contributed by atoms with Gasteiger partial charge in [0, 0.05) is 18.4 Å². The summed E-state index contributed by atoms with van der Waals surface area (Å²) in [7, 11) is 0. The first-order valence-electron chi connectivity index (χ1n) is 8.74. The Labute approximate surface area is 148 Å². The van der Waals surface area contributed by atoms with Crippen molar-refractivity contribution in [2.24, 2.45) is 5.92 Å². The molecule has 5 nitrogen and oxygen atoms in total. The Morgan fingerprint density at radius 1 is 1.12 bits per heavy atom. The Balaban J connectivity index is 1.46. The molecule has 2 heterocycles. The Bertz CT molecular complexity index is 691. The number of pyridine rings is 1. The largest absolute Gasteiger partial charge is 0.338 e. The maximum Gasteiger partial charge on any atom is 0.319 e. The number of hydrogen-bond donors (Lipinski definition) is 3. The van der Waals surface area contributed by atoms with Gasteiger partial charge in [-0.3, -0.25) is 4.98 Å². The quantitative estimate of drug-likeness (QED) is 0.784. The highest BCUT2D eigenvalue weighted by Gasteiger charge is 2.13. The number of carbonyl (C=O) groups is 1. The Morgan fingerprint density at radius 2 is 1.92 bits per heavy atom. The number of anilines is 1. The molecule has 2 aromatic rings. The molecule has 1 aromatic carbocycles. The molecule has 1 aliphatic rings. The lowest BCUT2D eigenvalue weighted by atomic mass is 9.98. The number of rotatable bonds is 5. The maximum absolute atomic E-state index is 12.0. The molecule has 1 aliphatic heterocycles. The van der Waals surface area contributed by atoms with Crippen molar-refractivity contribution in [1.29, 1.82) is 0 Å². The first kappa shape index (κ1) is 17.2. The number of amides is 2. The Morgan fingerprint density at radius 3 is 2.64 bits per heavy atom. The van der Waals surface area contributed by atoms with Gasteiger partial charge in [-0.25, -0.2) is 4.79 Å². The summed E-state index contributed by atoms with van der Waals surface area (Å²) < 4.78 is 0. The summed E-state index contributed by atoms with van der Waals surface area (Å²) in [6, 6.07) is 13.4. The lowest BCUT2D eigenvalue weighted by molar-refractivity contribution is 0.248. The lowest BCUT2D eigenvalue weighted by Gasteiger charge is -2.22. The van der Waals surface area contributed by atoms with E-state index in [1.165, 1.54) is 0 Å². The average Bonchev–Trinajstić information content (AvgIpc) is 2.67. The van der Waals surface area contributed by atoms with Crippen molar-refractivity contribution in [3.8, 4) is 0 Å². The van der Waals surface area contributed by atoms with E-state index in [-0.39, 0.29) is 6.03 Å². The van der Waals surface area contributed by atoms with Gasteiger partial charge in [0.05, 0.1) is 5.69 Å². The zero-order chi connectivity index (χ0) is 17.3. The summed E-state index contributed by atoms with van der Waals surface area (Å²) in [4.78, 5) is 16.2. The third-order valence-corrected chi connectivity index (χ3v) is 4.31. The number of carbonyl (C=O) groups excluding carboxylic acids is 1. The maximum atomic E-state index is 12.0. The topological polar surface area (TPSA) is 66.1 Å². The number of piperidine rings is 1. The lowest BCUT2D eigenvalue weighted by Crippen LogP contribution is -2.37. The van der Waals surface area contributed by atoms with Gasteiger partial charge in [0.1, 0.15) is 0 Å². The SMILES string of the molecule is O=C(NCC1CCNCC1)Nc1ccc(C=Cc2ccccn2)cc1. The van der Waals surface area contributed by atoms with Gasteiger partial charge in [0.2, 0.25) is 0 Å². The molecule has 0 radical (unpaired) electrons.